The SMILES string of the molecule is CC[C@@H]1NC(=O)[C@H]([C@H](O)[C@H](C)Cc2nc3ccc(C(=O)OC)cc3[nH]2)N(C)C(=O)[C@H](C(C)C)N(C)C(=O)[C@H](CC(C)C)N(C)C(=O)[C@H](CC(C)C)N(C)C(=O)[C@@H](C)NC(=O)[C@H](C)NC(=O)[C@H](CC(C)C)N(C)C(=O)[C@H](C(C)C)NC(=O)[C@H](CC(C)C)N(C)C(=O)CN(C)C1=O. The summed E-state index contributed by atoms with van der Waals surface area (Å²) in [5.41, 5.74) is 1.23. The van der Waals surface area contributed by atoms with Crippen molar-refractivity contribution < 1.29 is 67.4 Å². The van der Waals surface area contributed by atoms with Crippen molar-refractivity contribution in [2.75, 3.05) is 63.0 Å². The van der Waals surface area contributed by atoms with Gasteiger partial charge in [0.2, 0.25) is 65.0 Å². The molecular weight excluding hydrogens is 1220 g/mol. The van der Waals surface area contributed by atoms with Gasteiger partial charge in [-0.05, 0) is 106 Å². The van der Waals surface area contributed by atoms with E-state index in [0.29, 0.717) is 16.9 Å². The van der Waals surface area contributed by atoms with Crippen LogP contribution in [0.4, 0.5) is 0 Å². The smallest absolute Gasteiger partial charge is 0.337 e. The zero-order valence-corrected chi connectivity index (χ0v) is 60.9. The summed E-state index contributed by atoms with van der Waals surface area (Å²) in [4.78, 5) is 190. The highest BCUT2D eigenvalue weighted by molar-refractivity contribution is 6.00. The summed E-state index contributed by atoms with van der Waals surface area (Å²) in [6.45, 7) is 27.2. The maximum atomic E-state index is 15.5. The normalized spacial score (nSPS) is 25.2. The van der Waals surface area contributed by atoms with Crippen LogP contribution in [0.25, 0.3) is 11.0 Å². The van der Waals surface area contributed by atoms with Crippen molar-refractivity contribution in [3.8, 4) is 0 Å². The van der Waals surface area contributed by atoms with Crippen LogP contribution in [0, 0.1) is 41.4 Å². The second kappa shape index (κ2) is 35.9. The Morgan fingerprint density at radius 3 is 1.49 bits per heavy atom. The van der Waals surface area contributed by atoms with Crippen molar-refractivity contribution in [2.24, 2.45) is 41.4 Å². The second-order valence-electron chi connectivity index (χ2n) is 28.4. The molecule has 0 aliphatic carbocycles. The van der Waals surface area contributed by atoms with Crippen LogP contribution in [0.5, 0.6) is 0 Å². The minimum atomic E-state index is -1.76. The van der Waals surface area contributed by atoms with Crippen LogP contribution in [0.15, 0.2) is 18.2 Å². The van der Waals surface area contributed by atoms with E-state index in [9.17, 15) is 43.5 Å². The molecule has 6 N–H and O–H groups in total. The number of aromatic nitrogens is 2. The van der Waals surface area contributed by atoms with Gasteiger partial charge in [-0.2, -0.15) is 0 Å². The van der Waals surface area contributed by atoms with Crippen molar-refractivity contribution in [1.82, 2.24) is 65.5 Å². The maximum Gasteiger partial charge on any atom is 0.337 e. The highest BCUT2D eigenvalue weighted by Crippen LogP contribution is 2.27. The molecule has 1 aromatic carbocycles. The Kier molecular flexibility index (Phi) is 30.8. The first-order valence-corrected chi connectivity index (χ1v) is 33.3. The highest BCUT2D eigenvalue weighted by Gasteiger charge is 2.46. The summed E-state index contributed by atoms with van der Waals surface area (Å²) in [5.74, 6) is -10.8. The largest absolute Gasteiger partial charge is 0.465 e. The van der Waals surface area contributed by atoms with Crippen LogP contribution < -0.4 is 21.3 Å². The number of ether oxygens (including phenoxy) is 1. The number of H-pyrrole nitrogens is 1. The first kappa shape index (κ1) is 81.5. The molecule has 534 valence electrons. The van der Waals surface area contributed by atoms with Crippen molar-refractivity contribution in [2.45, 2.75) is 216 Å². The van der Waals surface area contributed by atoms with Gasteiger partial charge in [-0.3, -0.25) is 52.7 Å². The number of aliphatic hydroxyl groups is 1. The lowest BCUT2D eigenvalue weighted by molar-refractivity contribution is -0.157. The Morgan fingerprint density at radius 1 is 0.537 bits per heavy atom. The van der Waals surface area contributed by atoms with Gasteiger partial charge in [0.1, 0.15) is 66.2 Å². The molecule has 0 unspecified atom stereocenters. The molecule has 1 aliphatic heterocycles. The Morgan fingerprint density at radius 2 is 1.00 bits per heavy atom. The second-order valence-corrected chi connectivity index (χ2v) is 28.4. The van der Waals surface area contributed by atoms with Crippen LogP contribution in [-0.2, 0) is 63.9 Å². The summed E-state index contributed by atoms with van der Waals surface area (Å²) in [6.07, 6.45) is -1.24. The molecule has 0 spiro atoms. The molecule has 0 saturated carbocycles. The van der Waals surface area contributed by atoms with Crippen LogP contribution >= 0.6 is 0 Å². The standard InChI is InChI=1S/C68H113N13O14/c1-25-45-63(89)75(17)34-53(82)76(18)48(28-35(2)3)60(86)74-54(39(10)11)66(92)77(19)49(29-36(4)5)59(85)69-42(15)58(84)70-43(16)62(88)78(20)50(30-37(6)7)64(90)79(21)51(31-38(8)9)65(91)80(22)55(40(12)13)67(93)81(23)56(61(87)73-45)57(83)41(14)32-52-71-46-27-26-44(68(94)95-24)33-47(46)72-52/h26-27,33,35-43,45,48-51,54-57,83H,25,28-32,34H2,1-24H3,(H,69,85)(H,70,84)(H,71,72)(H,73,87)(H,74,86)/t41-,42+,43-,45+,48+,49+,50+,51+,54+,55+,56+,57-/m1/s1. The van der Waals surface area contributed by atoms with Crippen LogP contribution in [0.3, 0.4) is 0 Å². The van der Waals surface area contributed by atoms with Gasteiger partial charge >= 0.3 is 5.97 Å². The predicted molar refractivity (Wildman–Crippen MR) is 360 cm³/mol. The lowest BCUT2D eigenvalue weighted by Crippen LogP contribution is -2.63. The molecule has 1 aliphatic rings. The molecular formula is C68H113N13O14. The number of likely N-dealkylation sites (N-methyl/N-ethyl adjacent to an activating group) is 7. The molecule has 95 heavy (non-hydrogen) atoms. The third-order valence-electron chi connectivity index (χ3n) is 17.8. The number of benzene rings is 1. The topological polar surface area (TPSA) is 334 Å². The number of amides is 11. The van der Waals surface area contributed by atoms with Crippen molar-refractivity contribution in [3.63, 3.8) is 0 Å². The van der Waals surface area contributed by atoms with Gasteiger partial charge < -0.3 is 70.4 Å². The number of nitrogens with zero attached hydrogens (tertiary/aromatic N) is 8. The van der Waals surface area contributed by atoms with E-state index in [1.165, 1.54) is 94.8 Å². The average molecular weight is 1340 g/mol. The number of hydrogen-bond donors (Lipinski definition) is 6. The van der Waals surface area contributed by atoms with Gasteiger partial charge in [0.05, 0.1) is 36.4 Å². The molecule has 1 aromatic heterocycles. The number of aliphatic hydroxyl groups excluding tert-OH is 1. The first-order chi connectivity index (χ1) is 44.0. The predicted octanol–water partition coefficient (Wildman–Crippen LogP) is 3.21. The van der Waals surface area contributed by atoms with E-state index in [1.54, 1.807) is 59.7 Å². The van der Waals surface area contributed by atoms with E-state index >= 15 is 19.2 Å². The van der Waals surface area contributed by atoms with Crippen molar-refractivity contribution in [1.29, 1.82) is 0 Å². The van der Waals surface area contributed by atoms with Crippen LogP contribution in [-0.4, -0.2) is 250 Å². The number of carbonyl (C=O) groups is 12. The molecule has 11 amide bonds. The van der Waals surface area contributed by atoms with Crippen molar-refractivity contribution >= 4 is 82.0 Å². The summed E-state index contributed by atoms with van der Waals surface area (Å²) in [6, 6.07) is -8.15. The lowest BCUT2D eigenvalue weighted by Gasteiger charge is -2.41. The minimum Gasteiger partial charge on any atom is -0.465 e. The number of carbonyl (C=O) groups excluding carboxylic acids is 12. The minimum absolute atomic E-state index is 0.00311. The Labute approximate surface area is 562 Å². The zero-order chi connectivity index (χ0) is 72.7. The van der Waals surface area contributed by atoms with E-state index < -0.39 is 162 Å². The summed E-state index contributed by atoms with van der Waals surface area (Å²) in [7, 11) is 11.0. The van der Waals surface area contributed by atoms with Gasteiger partial charge in [-0.25, -0.2) is 9.78 Å². The Balaban J connectivity index is 2.33. The molecule has 3 rings (SSSR count). The fourth-order valence-corrected chi connectivity index (χ4v) is 12.0. The molecule has 27 heteroatoms. The quantitative estimate of drug-likeness (QED) is 0.132. The fourth-order valence-electron chi connectivity index (χ4n) is 12.0. The number of aromatic amines is 1. The maximum absolute atomic E-state index is 15.5. The fraction of sp³-hybridized carbons (Fsp3) is 0.721. The molecule has 27 nitrogen and oxygen atoms in total. The number of esters is 1. The summed E-state index contributed by atoms with van der Waals surface area (Å²) < 4.78 is 4.89. The monoisotopic (exact) mass is 1340 g/mol. The van der Waals surface area contributed by atoms with E-state index in [2.05, 4.69) is 31.2 Å². The average Bonchev–Trinajstić information content (AvgIpc) is 1.53. The number of rotatable bonds is 16. The molecule has 0 radical (unpaired) electrons. The Hall–Kier alpha value is -7.71. The van der Waals surface area contributed by atoms with Crippen LogP contribution in [0.1, 0.15) is 159 Å². The van der Waals surface area contributed by atoms with Gasteiger partial charge in [0.15, 0.2) is 0 Å². The van der Waals surface area contributed by atoms with Gasteiger partial charge in [-0.1, -0.05) is 96.9 Å². The van der Waals surface area contributed by atoms with Crippen molar-refractivity contribution in [3.05, 3.63) is 29.6 Å². The zero-order valence-electron chi connectivity index (χ0n) is 60.9. The molecule has 2 aromatic rings. The lowest BCUT2D eigenvalue weighted by atomic mass is 9.91. The van der Waals surface area contributed by atoms with E-state index in [-0.39, 0.29) is 67.8 Å². The third kappa shape index (κ3) is 21.4. The molecule has 12 atom stereocenters. The molecule has 1 fully saturated rings. The van der Waals surface area contributed by atoms with E-state index in [4.69, 9.17) is 4.74 Å². The molecule has 1 saturated heterocycles. The third-order valence-corrected chi connectivity index (χ3v) is 17.8. The van der Waals surface area contributed by atoms with Gasteiger partial charge in [0.25, 0.3) is 0 Å². The number of imidazole rings is 1. The first-order valence-electron chi connectivity index (χ1n) is 33.3. The Bertz CT molecular complexity index is 3040. The molecule has 0 bridgehead atoms. The van der Waals surface area contributed by atoms with Gasteiger partial charge in [0, 0.05) is 55.8 Å². The summed E-state index contributed by atoms with van der Waals surface area (Å²) >= 11 is 0. The number of nitrogens with one attached hydrogen (secondary N) is 5. The number of methoxy groups -OCH3 is 1. The number of fused-ring (bicyclic) bond motifs is 1. The van der Waals surface area contributed by atoms with Crippen LogP contribution in [0.2, 0.25) is 0 Å². The highest BCUT2D eigenvalue weighted by atomic mass is 16.5. The molecule has 2 heterocycles. The number of hydrogen-bond acceptors (Lipinski definition) is 15. The van der Waals surface area contributed by atoms with Gasteiger partial charge in [-0.15, -0.1) is 0 Å². The van der Waals surface area contributed by atoms with E-state index in [0.717, 1.165) is 9.80 Å². The van der Waals surface area contributed by atoms with E-state index in [1.807, 2.05) is 55.4 Å². The summed E-state index contributed by atoms with van der Waals surface area (Å²) in [5, 5.41) is 23.6.